The third kappa shape index (κ3) is 4.77. The molecule has 0 aromatic heterocycles. The van der Waals surface area contributed by atoms with Crippen LogP contribution in [-0.2, 0) is 13.6 Å². The second-order valence-electron chi connectivity index (χ2n) is 5.35. The van der Waals surface area contributed by atoms with Crippen LogP contribution in [0.25, 0.3) is 0 Å². The summed E-state index contributed by atoms with van der Waals surface area (Å²) in [5, 5.41) is 0. The molecule has 2 atom stereocenters. The first-order valence-electron chi connectivity index (χ1n) is 5.68. The highest BCUT2D eigenvalue weighted by atomic mass is 28.4. The van der Waals surface area contributed by atoms with Gasteiger partial charge in [-0.1, -0.05) is 33.0 Å². The van der Waals surface area contributed by atoms with Crippen LogP contribution >= 0.6 is 0 Å². The van der Waals surface area contributed by atoms with Gasteiger partial charge in [0.25, 0.3) is 0 Å². The van der Waals surface area contributed by atoms with Crippen LogP contribution in [0.2, 0.25) is 32.2 Å². The Hall–Kier alpha value is -0.176. The fourth-order valence-corrected chi connectivity index (χ4v) is 6.53. The fourth-order valence-electron chi connectivity index (χ4n) is 1.57. The molecule has 0 spiro atoms. The fraction of sp³-hybridized carbons (Fsp3) is 0.900. The second kappa shape index (κ2) is 5.95. The zero-order chi connectivity index (χ0) is 13.0. The van der Waals surface area contributed by atoms with Gasteiger partial charge in [0.05, 0.1) is 8.07 Å². The van der Waals surface area contributed by atoms with Crippen molar-refractivity contribution in [2.24, 2.45) is 5.73 Å². The number of hydrogen-bond donors (Lipinski definition) is 1. The topological polar surface area (TPSA) is 61.6 Å². The highest BCUT2D eigenvalue weighted by Gasteiger charge is 2.40. The Morgan fingerprint density at radius 2 is 1.81 bits per heavy atom. The van der Waals surface area contributed by atoms with Gasteiger partial charge in [-0.15, -0.1) is 0 Å². The number of primary amides is 1. The average molecular weight is 263 g/mol. The molecule has 0 bridgehead atoms. The molecule has 16 heavy (non-hydrogen) atoms. The Kier molecular flexibility index (Phi) is 5.88. The molecule has 0 aromatic carbocycles. The minimum atomic E-state index is -2.23. The third-order valence-electron chi connectivity index (χ3n) is 2.55. The second-order valence-corrected chi connectivity index (χ2v) is 14.0. The smallest absolute Gasteiger partial charge is 0.335 e. The van der Waals surface area contributed by atoms with Crippen molar-refractivity contribution in [3.05, 3.63) is 0 Å². The van der Waals surface area contributed by atoms with Crippen molar-refractivity contribution in [1.82, 2.24) is 0 Å². The summed E-state index contributed by atoms with van der Waals surface area (Å²) in [5.74, 6) is -0.356. The zero-order valence-corrected chi connectivity index (χ0v) is 13.3. The standard InChI is InChI=1S/C10H25NO3Si2/c1-7-8-16(6,13-2)14-10(9(11)12)15(3,4)5/h10H,7-8H2,1-6H3,(H2,11,12). The maximum atomic E-state index is 11.4. The summed E-state index contributed by atoms with van der Waals surface area (Å²) >= 11 is 0. The van der Waals surface area contributed by atoms with E-state index in [2.05, 4.69) is 26.6 Å². The Morgan fingerprint density at radius 1 is 1.31 bits per heavy atom. The number of hydrogen-bond acceptors (Lipinski definition) is 3. The van der Waals surface area contributed by atoms with Crippen molar-refractivity contribution >= 4 is 22.5 Å². The van der Waals surface area contributed by atoms with Crippen LogP contribution in [0.5, 0.6) is 0 Å². The van der Waals surface area contributed by atoms with Gasteiger partial charge in [-0.3, -0.25) is 4.79 Å². The molecule has 0 aliphatic heterocycles. The molecule has 0 rings (SSSR count). The predicted molar refractivity (Wildman–Crippen MR) is 71.1 cm³/mol. The first kappa shape index (κ1) is 15.8. The van der Waals surface area contributed by atoms with E-state index >= 15 is 0 Å². The Bertz CT molecular complexity index is 243. The van der Waals surface area contributed by atoms with Gasteiger partial charge in [0, 0.05) is 7.11 Å². The summed E-state index contributed by atoms with van der Waals surface area (Å²) in [6, 6.07) is 0.887. The maximum absolute atomic E-state index is 11.4. The monoisotopic (exact) mass is 263 g/mol. The highest BCUT2D eigenvalue weighted by molar-refractivity contribution is 6.81. The molecule has 1 amide bonds. The summed E-state index contributed by atoms with van der Waals surface area (Å²) < 4.78 is 11.4. The minimum absolute atomic E-state index is 0.356. The summed E-state index contributed by atoms with van der Waals surface area (Å²) in [7, 11) is -2.32. The zero-order valence-electron chi connectivity index (χ0n) is 11.3. The SMILES string of the molecule is CCC[Si](C)(OC)OC(C(N)=O)[Si](C)(C)C. The third-order valence-corrected chi connectivity index (χ3v) is 7.77. The van der Waals surface area contributed by atoms with Crippen LogP contribution in [-0.4, -0.2) is 35.4 Å². The molecule has 4 nitrogen and oxygen atoms in total. The summed E-state index contributed by atoms with van der Waals surface area (Å²) in [4.78, 5) is 11.4. The Morgan fingerprint density at radius 3 is 2.06 bits per heavy atom. The quantitative estimate of drug-likeness (QED) is 0.713. The molecule has 6 heteroatoms. The van der Waals surface area contributed by atoms with Crippen molar-refractivity contribution in [3.8, 4) is 0 Å². The summed E-state index contributed by atoms with van der Waals surface area (Å²) in [5.41, 5.74) is 4.97. The van der Waals surface area contributed by atoms with E-state index in [0.29, 0.717) is 0 Å². The number of carbonyl (C=O) groups is 1. The van der Waals surface area contributed by atoms with Crippen LogP contribution in [0.1, 0.15) is 13.3 Å². The summed E-state index contributed by atoms with van der Waals surface area (Å²) in [6.45, 7) is 10.3. The lowest BCUT2D eigenvalue weighted by molar-refractivity contribution is -0.122. The summed E-state index contributed by atoms with van der Waals surface area (Å²) in [6.07, 6.45) is 0.994. The average Bonchev–Trinajstić information content (AvgIpc) is 2.12. The van der Waals surface area contributed by atoms with E-state index in [0.717, 1.165) is 12.5 Å². The van der Waals surface area contributed by atoms with Gasteiger partial charge in [-0.05, 0) is 12.6 Å². The van der Waals surface area contributed by atoms with Gasteiger partial charge in [0.15, 0.2) is 0 Å². The molecular formula is C10H25NO3Si2. The van der Waals surface area contributed by atoms with E-state index in [-0.39, 0.29) is 5.91 Å². The molecule has 2 N–H and O–H groups in total. The van der Waals surface area contributed by atoms with E-state index in [4.69, 9.17) is 14.6 Å². The number of carbonyl (C=O) groups excluding carboxylic acids is 1. The van der Waals surface area contributed by atoms with Crippen molar-refractivity contribution in [1.29, 1.82) is 0 Å². The normalized spacial score (nSPS) is 17.9. The number of amides is 1. The van der Waals surface area contributed by atoms with Crippen LogP contribution in [0.4, 0.5) is 0 Å². The van der Waals surface area contributed by atoms with E-state index < -0.39 is 22.4 Å². The molecule has 96 valence electrons. The van der Waals surface area contributed by atoms with Crippen LogP contribution < -0.4 is 5.73 Å². The lowest BCUT2D eigenvalue weighted by Gasteiger charge is -2.34. The highest BCUT2D eigenvalue weighted by Crippen LogP contribution is 2.21. The number of nitrogens with two attached hydrogens (primary N) is 1. The van der Waals surface area contributed by atoms with Crippen molar-refractivity contribution < 1.29 is 13.6 Å². The van der Waals surface area contributed by atoms with Crippen LogP contribution in [0.3, 0.4) is 0 Å². The van der Waals surface area contributed by atoms with E-state index in [9.17, 15) is 4.79 Å². The van der Waals surface area contributed by atoms with Gasteiger partial charge in [-0.2, -0.15) is 0 Å². The molecular weight excluding hydrogens is 238 g/mol. The van der Waals surface area contributed by atoms with Gasteiger partial charge in [-0.25, -0.2) is 0 Å². The lowest BCUT2D eigenvalue weighted by Crippen LogP contribution is -2.55. The molecule has 0 aliphatic rings. The molecule has 0 radical (unpaired) electrons. The first-order chi connectivity index (χ1) is 7.16. The van der Waals surface area contributed by atoms with Crippen molar-refractivity contribution in [3.63, 3.8) is 0 Å². The van der Waals surface area contributed by atoms with Gasteiger partial charge in [0.1, 0.15) is 5.73 Å². The molecule has 2 unspecified atom stereocenters. The van der Waals surface area contributed by atoms with Crippen LogP contribution in [0.15, 0.2) is 0 Å². The van der Waals surface area contributed by atoms with Gasteiger partial charge >= 0.3 is 8.56 Å². The maximum Gasteiger partial charge on any atom is 0.335 e. The molecule has 0 aromatic rings. The molecule has 0 saturated heterocycles. The van der Waals surface area contributed by atoms with E-state index in [1.54, 1.807) is 7.11 Å². The molecule has 0 fully saturated rings. The predicted octanol–water partition coefficient (Wildman–Crippen LogP) is 1.86. The molecule has 0 aliphatic carbocycles. The largest absolute Gasteiger partial charge is 0.398 e. The van der Waals surface area contributed by atoms with Gasteiger partial charge in [0.2, 0.25) is 5.91 Å². The minimum Gasteiger partial charge on any atom is -0.398 e. The van der Waals surface area contributed by atoms with E-state index in [1.807, 2.05) is 6.55 Å². The van der Waals surface area contributed by atoms with Crippen molar-refractivity contribution in [2.45, 2.75) is 51.3 Å². The number of rotatable bonds is 7. The Balaban J connectivity index is 4.80. The lowest BCUT2D eigenvalue weighted by atomic mass is 10.6. The molecule has 0 heterocycles. The Labute approximate surface area is 101 Å². The first-order valence-corrected chi connectivity index (χ1v) is 11.8. The molecule has 0 saturated carbocycles. The van der Waals surface area contributed by atoms with Gasteiger partial charge < -0.3 is 14.6 Å². The van der Waals surface area contributed by atoms with Crippen molar-refractivity contribution in [2.75, 3.05) is 7.11 Å². The van der Waals surface area contributed by atoms with E-state index in [1.165, 1.54) is 0 Å². The van der Waals surface area contributed by atoms with Crippen LogP contribution in [0, 0.1) is 0 Å².